The van der Waals surface area contributed by atoms with E-state index in [4.69, 9.17) is 9.47 Å². The minimum Gasteiger partial charge on any atom is -0.501 e. The number of unbranched alkanes of at least 4 members (excludes halogenated alkanes) is 1. The van der Waals surface area contributed by atoms with Crippen LogP contribution >= 0.6 is 0 Å². The lowest BCUT2D eigenvalue weighted by atomic mass is 9.69. The fourth-order valence-electron chi connectivity index (χ4n) is 4.47. The number of rotatable bonds is 10. The molecule has 0 aromatic rings. The Labute approximate surface area is 149 Å². The molecule has 24 heavy (non-hydrogen) atoms. The van der Waals surface area contributed by atoms with E-state index < -0.39 is 0 Å². The zero-order valence-corrected chi connectivity index (χ0v) is 15.8. The standard InChI is InChI=1S/C22H38O2/c1-3-5-6-16-24-18-20-9-13-22(14-10-20)21-11-7-19(8-12-21)17-23-15-4-2/h4,6,16,19-22H,2-3,5,7-15,17-18H2,1H3. The second kappa shape index (κ2) is 11.7. The van der Waals surface area contributed by atoms with Gasteiger partial charge in [-0.3, -0.25) is 0 Å². The maximum Gasteiger partial charge on any atom is 0.0901 e. The molecule has 0 saturated heterocycles. The van der Waals surface area contributed by atoms with E-state index in [0.29, 0.717) is 6.61 Å². The van der Waals surface area contributed by atoms with Gasteiger partial charge in [0.2, 0.25) is 0 Å². The summed E-state index contributed by atoms with van der Waals surface area (Å²) in [7, 11) is 0. The molecule has 0 atom stereocenters. The van der Waals surface area contributed by atoms with E-state index in [2.05, 4.69) is 19.6 Å². The zero-order chi connectivity index (χ0) is 17.0. The monoisotopic (exact) mass is 334 g/mol. The van der Waals surface area contributed by atoms with Crippen LogP contribution in [0.15, 0.2) is 25.0 Å². The van der Waals surface area contributed by atoms with Gasteiger partial charge in [-0.15, -0.1) is 6.58 Å². The van der Waals surface area contributed by atoms with Crippen molar-refractivity contribution in [1.82, 2.24) is 0 Å². The molecule has 2 fully saturated rings. The smallest absolute Gasteiger partial charge is 0.0901 e. The summed E-state index contributed by atoms with van der Waals surface area (Å²) < 4.78 is 11.4. The van der Waals surface area contributed by atoms with Crippen molar-refractivity contribution in [3.63, 3.8) is 0 Å². The predicted octanol–water partition coefficient (Wildman–Crippen LogP) is 6.13. The topological polar surface area (TPSA) is 18.5 Å². The average molecular weight is 335 g/mol. The van der Waals surface area contributed by atoms with Gasteiger partial charge >= 0.3 is 0 Å². The molecule has 0 heterocycles. The summed E-state index contributed by atoms with van der Waals surface area (Å²) in [4.78, 5) is 0. The molecule has 0 aliphatic heterocycles. The van der Waals surface area contributed by atoms with Crippen LogP contribution in [0.4, 0.5) is 0 Å². The third-order valence-electron chi connectivity index (χ3n) is 6.02. The van der Waals surface area contributed by atoms with E-state index >= 15 is 0 Å². The molecule has 2 aliphatic rings. The van der Waals surface area contributed by atoms with Crippen LogP contribution in [-0.2, 0) is 9.47 Å². The van der Waals surface area contributed by atoms with Crippen LogP contribution in [-0.4, -0.2) is 19.8 Å². The summed E-state index contributed by atoms with van der Waals surface area (Å²) in [6.07, 6.45) is 19.4. The summed E-state index contributed by atoms with van der Waals surface area (Å²) in [6, 6.07) is 0. The van der Waals surface area contributed by atoms with Gasteiger partial charge in [-0.05, 0) is 87.5 Å². The first-order chi connectivity index (χ1) is 11.8. The van der Waals surface area contributed by atoms with Crippen molar-refractivity contribution in [1.29, 1.82) is 0 Å². The molecule has 0 aromatic carbocycles. The molecule has 2 aliphatic carbocycles. The van der Waals surface area contributed by atoms with Crippen molar-refractivity contribution >= 4 is 0 Å². The highest BCUT2D eigenvalue weighted by Crippen LogP contribution is 2.41. The first-order valence-corrected chi connectivity index (χ1v) is 10.3. The lowest BCUT2D eigenvalue weighted by molar-refractivity contribution is 0.0725. The molecule has 0 spiro atoms. The Balaban J connectivity index is 1.57. The number of hydrogen-bond donors (Lipinski definition) is 0. The maximum atomic E-state index is 5.72. The summed E-state index contributed by atoms with van der Waals surface area (Å²) in [5.74, 6) is 3.54. The predicted molar refractivity (Wildman–Crippen MR) is 102 cm³/mol. The SMILES string of the molecule is C=CCOCC1CCC(C2CCC(COC=CCCC)CC2)CC1. The average Bonchev–Trinajstić information content (AvgIpc) is 2.63. The minimum atomic E-state index is 0.708. The molecule has 2 rings (SSSR count). The molecule has 0 aromatic heterocycles. The largest absolute Gasteiger partial charge is 0.501 e. The van der Waals surface area contributed by atoms with E-state index in [1.54, 1.807) is 0 Å². The van der Waals surface area contributed by atoms with Crippen molar-refractivity contribution in [3.8, 4) is 0 Å². The van der Waals surface area contributed by atoms with Crippen molar-refractivity contribution in [2.24, 2.45) is 23.7 Å². The van der Waals surface area contributed by atoms with Gasteiger partial charge in [0.15, 0.2) is 0 Å². The van der Waals surface area contributed by atoms with Crippen molar-refractivity contribution in [3.05, 3.63) is 25.0 Å². The molecule has 0 radical (unpaired) electrons. The van der Waals surface area contributed by atoms with Crippen molar-refractivity contribution in [2.45, 2.75) is 71.1 Å². The molecule has 0 N–H and O–H groups in total. The quantitative estimate of drug-likeness (QED) is 0.272. The molecule has 2 nitrogen and oxygen atoms in total. The Morgan fingerprint density at radius 3 is 2.00 bits per heavy atom. The lowest BCUT2D eigenvalue weighted by Crippen LogP contribution is -2.28. The molecule has 0 unspecified atom stereocenters. The van der Waals surface area contributed by atoms with Crippen LogP contribution in [0.2, 0.25) is 0 Å². The highest BCUT2D eigenvalue weighted by Gasteiger charge is 2.30. The fraction of sp³-hybridized carbons (Fsp3) is 0.818. The fourth-order valence-corrected chi connectivity index (χ4v) is 4.47. The zero-order valence-electron chi connectivity index (χ0n) is 15.8. The third-order valence-corrected chi connectivity index (χ3v) is 6.02. The summed E-state index contributed by atoms with van der Waals surface area (Å²) in [6.45, 7) is 8.50. The second-order valence-electron chi connectivity index (χ2n) is 7.88. The van der Waals surface area contributed by atoms with Crippen molar-refractivity contribution < 1.29 is 9.47 Å². The molecule has 2 heteroatoms. The van der Waals surface area contributed by atoms with Gasteiger partial charge in [-0.2, -0.15) is 0 Å². The van der Waals surface area contributed by atoms with E-state index in [0.717, 1.165) is 43.3 Å². The van der Waals surface area contributed by atoms with Crippen LogP contribution in [0.5, 0.6) is 0 Å². The minimum absolute atomic E-state index is 0.708. The lowest BCUT2D eigenvalue weighted by Gasteiger charge is -2.37. The Morgan fingerprint density at radius 2 is 1.46 bits per heavy atom. The van der Waals surface area contributed by atoms with Gasteiger partial charge in [-0.25, -0.2) is 0 Å². The molecular formula is C22H38O2. The maximum absolute atomic E-state index is 5.72. The molecule has 0 amide bonds. The normalized spacial score (nSPS) is 31.2. The molecule has 0 bridgehead atoms. The number of ether oxygens (including phenoxy) is 2. The highest BCUT2D eigenvalue weighted by molar-refractivity contribution is 4.82. The van der Waals surface area contributed by atoms with Gasteiger partial charge < -0.3 is 9.47 Å². The first kappa shape index (κ1) is 19.6. The van der Waals surface area contributed by atoms with E-state index in [9.17, 15) is 0 Å². The number of hydrogen-bond acceptors (Lipinski definition) is 2. The van der Waals surface area contributed by atoms with E-state index in [1.165, 1.54) is 57.8 Å². The summed E-state index contributed by atoms with van der Waals surface area (Å²) >= 11 is 0. The molecule has 138 valence electrons. The van der Waals surface area contributed by atoms with Gasteiger partial charge in [0, 0.05) is 6.61 Å². The molecule has 2 saturated carbocycles. The summed E-state index contributed by atoms with van der Waals surface area (Å²) in [5.41, 5.74) is 0. The van der Waals surface area contributed by atoms with Gasteiger partial charge in [0.1, 0.15) is 0 Å². The van der Waals surface area contributed by atoms with Crippen LogP contribution < -0.4 is 0 Å². The Bertz CT molecular complexity index is 347. The van der Waals surface area contributed by atoms with E-state index in [1.807, 2.05) is 12.3 Å². The van der Waals surface area contributed by atoms with Gasteiger partial charge in [0.25, 0.3) is 0 Å². The van der Waals surface area contributed by atoms with Crippen LogP contribution in [0, 0.1) is 23.7 Å². The van der Waals surface area contributed by atoms with Gasteiger partial charge in [0.05, 0.1) is 19.5 Å². The molecular weight excluding hydrogens is 296 g/mol. The van der Waals surface area contributed by atoms with Crippen LogP contribution in [0.25, 0.3) is 0 Å². The van der Waals surface area contributed by atoms with Crippen LogP contribution in [0.1, 0.15) is 71.1 Å². The first-order valence-electron chi connectivity index (χ1n) is 10.3. The Kier molecular flexibility index (Phi) is 9.57. The third kappa shape index (κ3) is 7.01. The summed E-state index contributed by atoms with van der Waals surface area (Å²) in [5, 5.41) is 0. The van der Waals surface area contributed by atoms with Gasteiger partial charge in [-0.1, -0.05) is 19.4 Å². The van der Waals surface area contributed by atoms with Crippen molar-refractivity contribution in [2.75, 3.05) is 19.8 Å². The second-order valence-corrected chi connectivity index (χ2v) is 7.88. The highest BCUT2D eigenvalue weighted by atomic mass is 16.5. The van der Waals surface area contributed by atoms with Crippen LogP contribution in [0.3, 0.4) is 0 Å². The number of allylic oxidation sites excluding steroid dienone is 1. The van der Waals surface area contributed by atoms with E-state index in [-0.39, 0.29) is 0 Å². The Morgan fingerprint density at radius 1 is 0.875 bits per heavy atom. The Hall–Kier alpha value is -0.760.